The lowest BCUT2D eigenvalue weighted by atomic mass is 9.99. The monoisotopic (exact) mass is 414 g/mol. The van der Waals surface area contributed by atoms with Crippen molar-refractivity contribution in [3.63, 3.8) is 0 Å². The quantitative estimate of drug-likeness (QED) is 0.514. The van der Waals surface area contributed by atoms with Crippen LogP contribution in [0.5, 0.6) is 11.5 Å². The molecule has 0 amide bonds. The number of fused-ring (bicyclic) bond motifs is 1. The average molecular weight is 415 g/mol. The van der Waals surface area contributed by atoms with Crippen molar-refractivity contribution in [1.29, 1.82) is 0 Å². The summed E-state index contributed by atoms with van der Waals surface area (Å²) in [6.45, 7) is 4.20. The summed E-state index contributed by atoms with van der Waals surface area (Å²) in [6, 6.07) is 11.0. The first-order valence-electron chi connectivity index (χ1n) is 10.3. The topological polar surface area (TPSA) is 58.1 Å². The highest BCUT2D eigenvalue weighted by Gasteiger charge is 2.19. The van der Waals surface area contributed by atoms with Gasteiger partial charge in [-0.2, -0.15) is 0 Å². The molecule has 30 heavy (non-hydrogen) atoms. The molecule has 0 atom stereocenters. The molecule has 162 valence electrons. The number of rotatable bonds is 8. The van der Waals surface area contributed by atoms with Gasteiger partial charge in [-0.1, -0.05) is 18.2 Å². The van der Waals surface area contributed by atoms with E-state index < -0.39 is 0 Å². The van der Waals surface area contributed by atoms with Gasteiger partial charge in [-0.3, -0.25) is 9.89 Å². The number of benzene rings is 2. The van der Waals surface area contributed by atoms with Gasteiger partial charge in [-0.15, -0.1) is 0 Å². The predicted octanol–water partition coefficient (Wildman–Crippen LogP) is 2.61. The molecule has 1 aliphatic heterocycles. The first kappa shape index (κ1) is 21.9. The Kier molecular flexibility index (Phi) is 7.90. The van der Waals surface area contributed by atoms with Gasteiger partial charge < -0.3 is 20.1 Å². The molecular formula is C23H31FN4O2. The number of ether oxygens (including phenoxy) is 2. The molecule has 2 aromatic carbocycles. The van der Waals surface area contributed by atoms with E-state index in [-0.39, 0.29) is 5.82 Å². The molecule has 2 N–H and O–H groups in total. The third kappa shape index (κ3) is 5.63. The van der Waals surface area contributed by atoms with Crippen LogP contribution in [0.2, 0.25) is 0 Å². The summed E-state index contributed by atoms with van der Waals surface area (Å²) < 4.78 is 24.6. The van der Waals surface area contributed by atoms with Crippen LogP contribution in [0, 0.1) is 5.82 Å². The minimum absolute atomic E-state index is 0.165. The Morgan fingerprint density at radius 1 is 1.07 bits per heavy atom. The van der Waals surface area contributed by atoms with Gasteiger partial charge in [-0.05, 0) is 47.7 Å². The van der Waals surface area contributed by atoms with E-state index in [0.29, 0.717) is 18.5 Å². The van der Waals surface area contributed by atoms with Gasteiger partial charge >= 0.3 is 0 Å². The number of hydrogen-bond acceptors (Lipinski definition) is 4. The fraction of sp³-hybridized carbons (Fsp3) is 0.435. The van der Waals surface area contributed by atoms with Crippen LogP contribution in [-0.2, 0) is 19.4 Å². The molecule has 0 aromatic heterocycles. The van der Waals surface area contributed by atoms with Crippen LogP contribution in [-0.4, -0.2) is 58.3 Å². The van der Waals surface area contributed by atoms with Crippen molar-refractivity contribution < 1.29 is 13.9 Å². The second-order valence-electron chi connectivity index (χ2n) is 7.27. The molecule has 0 spiro atoms. The zero-order valence-electron chi connectivity index (χ0n) is 18.0. The fourth-order valence-corrected chi connectivity index (χ4v) is 3.70. The number of nitrogens with zero attached hydrogens (tertiary/aromatic N) is 2. The standard InChI is InChI=1S/C23H31FN4O2/c1-25-23(26-10-8-17-6-4-5-7-20(17)24)27-11-13-28-12-9-18-14-21(29-2)22(30-3)15-19(18)16-28/h4-7,14-15H,8-13,16H2,1-3H3,(H2,25,26,27). The summed E-state index contributed by atoms with van der Waals surface area (Å²) in [6.07, 6.45) is 1.60. The van der Waals surface area contributed by atoms with Crippen LogP contribution in [0.15, 0.2) is 41.4 Å². The van der Waals surface area contributed by atoms with E-state index >= 15 is 0 Å². The molecule has 6 nitrogen and oxygen atoms in total. The zero-order valence-corrected chi connectivity index (χ0v) is 18.0. The number of guanidine groups is 1. The predicted molar refractivity (Wildman–Crippen MR) is 118 cm³/mol. The second kappa shape index (κ2) is 10.8. The number of aliphatic imine (C=N–C) groups is 1. The van der Waals surface area contributed by atoms with E-state index in [0.717, 1.165) is 50.1 Å². The molecule has 0 radical (unpaired) electrons. The molecule has 0 aliphatic carbocycles. The van der Waals surface area contributed by atoms with E-state index in [9.17, 15) is 4.39 Å². The highest BCUT2D eigenvalue weighted by atomic mass is 19.1. The molecule has 7 heteroatoms. The molecule has 0 unspecified atom stereocenters. The second-order valence-corrected chi connectivity index (χ2v) is 7.27. The first-order valence-corrected chi connectivity index (χ1v) is 10.3. The average Bonchev–Trinajstić information content (AvgIpc) is 2.78. The molecule has 1 aliphatic rings. The normalized spacial score (nSPS) is 14.2. The van der Waals surface area contributed by atoms with Crippen LogP contribution in [0.25, 0.3) is 0 Å². The van der Waals surface area contributed by atoms with Gasteiger partial charge in [0.2, 0.25) is 0 Å². The number of hydrogen-bond donors (Lipinski definition) is 2. The Morgan fingerprint density at radius 2 is 1.77 bits per heavy atom. The van der Waals surface area contributed by atoms with Gasteiger partial charge in [0.05, 0.1) is 14.2 Å². The minimum atomic E-state index is -0.165. The summed E-state index contributed by atoms with van der Waals surface area (Å²) in [4.78, 5) is 6.66. The molecule has 1 heterocycles. The number of methoxy groups -OCH3 is 2. The maximum absolute atomic E-state index is 13.7. The van der Waals surface area contributed by atoms with E-state index in [1.165, 1.54) is 17.2 Å². The summed E-state index contributed by atoms with van der Waals surface area (Å²) in [5.74, 6) is 2.13. The Labute approximate surface area is 178 Å². The van der Waals surface area contributed by atoms with Gasteiger partial charge in [0.25, 0.3) is 0 Å². The van der Waals surface area contributed by atoms with Gasteiger partial charge in [0.1, 0.15) is 5.82 Å². The third-order valence-corrected chi connectivity index (χ3v) is 5.39. The van der Waals surface area contributed by atoms with Crippen molar-refractivity contribution in [3.05, 3.63) is 58.9 Å². The maximum Gasteiger partial charge on any atom is 0.191 e. The van der Waals surface area contributed by atoms with Gasteiger partial charge in [-0.25, -0.2) is 4.39 Å². The zero-order chi connectivity index (χ0) is 21.3. The lowest BCUT2D eigenvalue weighted by Gasteiger charge is -2.29. The van der Waals surface area contributed by atoms with Gasteiger partial charge in [0, 0.05) is 39.8 Å². The van der Waals surface area contributed by atoms with Crippen molar-refractivity contribution in [3.8, 4) is 11.5 Å². The molecule has 0 bridgehead atoms. The fourth-order valence-electron chi connectivity index (χ4n) is 3.70. The summed E-state index contributed by atoms with van der Waals surface area (Å²) in [5, 5.41) is 6.59. The molecule has 0 saturated carbocycles. The van der Waals surface area contributed by atoms with Crippen molar-refractivity contribution in [2.45, 2.75) is 19.4 Å². The Balaban J connectivity index is 1.44. The largest absolute Gasteiger partial charge is 0.493 e. The Bertz CT molecular complexity index is 872. The highest BCUT2D eigenvalue weighted by molar-refractivity contribution is 5.79. The van der Waals surface area contributed by atoms with E-state index in [2.05, 4.69) is 32.7 Å². The molecule has 0 saturated heterocycles. The minimum Gasteiger partial charge on any atom is -0.493 e. The van der Waals surface area contributed by atoms with E-state index in [1.807, 2.05) is 12.1 Å². The molecule has 3 rings (SSSR count). The lowest BCUT2D eigenvalue weighted by Crippen LogP contribution is -2.43. The van der Waals surface area contributed by atoms with Crippen LogP contribution >= 0.6 is 0 Å². The van der Waals surface area contributed by atoms with Crippen LogP contribution in [0.1, 0.15) is 16.7 Å². The Hall–Kier alpha value is -2.80. The first-order chi connectivity index (χ1) is 14.6. The highest BCUT2D eigenvalue weighted by Crippen LogP contribution is 2.33. The molecular weight excluding hydrogens is 383 g/mol. The SMILES string of the molecule is CN=C(NCCc1ccccc1F)NCCN1CCc2cc(OC)c(OC)cc2C1. The smallest absolute Gasteiger partial charge is 0.191 e. The number of halogens is 1. The summed E-state index contributed by atoms with van der Waals surface area (Å²) in [7, 11) is 5.08. The van der Waals surface area contributed by atoms with Crippen molar-refractivity contribution in [2.24, 2.45) is 4.99 Å². The van der Waals surface area contributed by atoms with Crippen molar-refractivity contribution in [1.82, 2.24) is 15.5 Å². The number of nitrogens with one attached hydrogen (secondary N) is 2. The lowest BCUT2D eigenvalue weighted by molar-refractivity contribution is 0.256. The summed E-state index contributed by atoms with van der Waals surface area (Å²) >= 11 is 0. The maximum atomic E-state index is 13.7. The third-order valence-electron chi connectivity index (χ3n) is 5.39. The van der Waals surface area contributed by atoms with Crippen LogP contribution < -0.4 is 20.1 Å². The van der Waals surface area contributed by atoms with Crippen molar-refractivity contribution in [2.75, 3.05) is 47.4 Å². The van der Waals surface area contributed by atoms with Crippen LogP contribution in [0.3, 0.4) is 0 Å². The van der Waals surface area contributed by atoms with Gasteiger partial charge in [0.15, 0.2) is 17.5 Å². The van der Waals surface area contributed by atoms with Crippen LogP contribution in [0.4, 0.5) is 4.39 Å². The summed E-state index contributed by atoms with van der Waals surface area (Å²) in [5.41, 5.74) is 3.31. The molecule has 0 fully saturated rings. The molecule has 2 aromatic rings. The van der Waals surface area contributed by atoms with E-state index in [1.54, 1.807) is 27.3 Å². The van der Waals surface area contributed by atoms with E-state index in [4.69, 9.17) is 9.47 Å². The Morgan fingerprint density at radius 3 is 2.47 bits per heavy atom. The van der Waals surface area contributed by atoms with Crippen molar-refractivity contribution >= 4 is 5.96 Å².